The van der Waals surface area contributed by atoms with Gasteiger partial charge in [0, 0.05) is 50.1 Å². The van der Waals surface area contributed by atoms with Crippen LogP contribution in [0.1, 0.15) is 18.9 Å². The van der Waals surface area contributed by atoms with Crippen molar-refractivity contribution in [1.82, 2.24) is 5.32 Å². The van der Waals surface area contributed by atoms with E-state index in [1.165, 1.54) is 16.9 Å². The van der Waals surface area contributed by atoms with Crippen molar-refractivity contribution in [3.8, 4) is 0 Å². The number of β-amino-alcohol motifs (C(OH)–C–C–N with tert-alkyl or cyclic N) is 1. The fourth-order valence-corrected chi connectivity index (χ4v) is 3.36. The minimum atomic E-state index is -0.165. The quantitative estimate of drug-likeness (QED) is 0.855. The van der Waals surface area contributed by atoms with Gasteiger partial charge in [0.25, 0.3) is 0 Å². The van der Waals surface area contributed by atoms with Crippen molar-refractivity contribution in [3.05, 3.63) is 23.8 Å². The van der Waals surface area contributed by atoms with E-state index in [2.05, 4.69) is 47.2 Å². The molecule has 2 heterocycles. The molecule has 0 aliphatic carbocycles. The number of hydrogen-bond acceptors (Lipinski definition) is 4. The van der Waals surface area contributed by atoms with Crippen LogP contribution in [0.25, 0.3) is 0 Å². The molecule has 1 aromatic carbocycles. The number of hydrogen-bond donors (Lipinski definition) is 2. The summed E-state index contributed by atoms with van der Waals surface area (Å²) >= 11 is 0. The molecule has 2 aliphatic heterocycles. The van der Waals surface area contributed by atoms with Crippen molar-refractivity contribution in [3.63, 3.8) is 0 Å². The smallest absolute Gasteiger partial charge is 0.0731 e. The molecule has 0 spiro atoms. The second-order valence-electron chi connectivity index (χ2n) is 6.11. The maximum atomic E-state index is 9.69. The Balaban J connectivity index is 1.80. The lowest BCUT2D eigenvalue weighted by molar-refractivity contribution is 0.198. The fraction of sp³-hybridized carbons (Fsp3) is 0.625. The van der Waals surface area contributed by atoms with Gasteiger partial charge < -0.3 is 20.2 Å². The average Bonchev–Trinajstić information content (AvgIpc) is 2.85. The Bertz CT molecular complexity index is 477. The van der Waals surface area contributed by atoms with Gasteiger partial charge in [0.2, 0.25) is 0 Å². The molecule has 4 nitrogen and oxygen atoms in total. The third-order valence-electron chi connectivity index (χ3n) is 4.52. The number of aliphatic hydroxyl groups is 1. The molecule has 4 heteroatoms. The van der Waals surface area contributed by atoms with E-state index in [0.717, 1.165) is 39.1 Å². The topological polar surface area (TPSA) is 38.7 Å². The number of anilines is 2. The number of nitrogens with one attached hydrogen (secondary N) is 1. The normalized spacial score (nSPS) is 27.1. The molecule has 2 N–H and O–H groups in total. The molecule has 0 saturated carbocycles. The van der Waals surface area contributed by atoms with Crippen LogP contribution in [0, 0.1) is 6.92 Å². The van der Waals surface area contributed by atoms with Crippen LogP contribution in [0.2, 0.25) is 0 Å². The zero-order valence-electron chi connectivity index (χ0n) is 12.5. The summed E-state index contributed by atoms with van der Waals surface area (Å²) in [5.74, 6) is 0. The van der Waals surface area contributed by atoms with Crippen LogP contribution >= 0.6 is 0 Å². The summed E-state index contributed by atoms with van der Waals surface area (Å²) in [5, 5.41) is 13.1. The highest BCUT2D eigenvalue weighted by Gasteiger charge is 2.23. The molecule has 110 valence electrons. The van der Waals surface area contributed by atoms with E-state index in [1.807, 2.05) is 0 Å². The Morgan fingerprint density at radius 3 is 2.80 bits per heavy atom. The van der Waals surface area contributed by atoms with E-state index in [9.17, 15) is 5.11 Å². The van der Waals surface area contributed by atoms with Gasteiger partial charge in [-0.2, -0.15) is 0 Å². The number of aliphatic hydroxyl groups excluding tert-OH is 1. The lowest BCUT2D eigenvalue weighted by atomic mass is 10.1. The number of piperazine rings is 1. The first-order valence-corrected chi connectivity index (χ1v) is 7.66. The third kappa shape index (κ3) is 2.63. The first kappa shape index (κ1) is 13.7. The lowest BCUT2D eigenvalue weighted by Crippen LogP contribution is -2.49. The summed E-state index contributed by atoms with van der Waals surface area (Å²) in [4.78, 5) is 4.77. The molecule has 0 radical (unpaired) electrons. The summed E-state index contributed by atoms with van der Waals surface area (Å²) in [6.07, 6.45) is 0.720. The Labute approximate surface area is 121 Å². The van der Waals surface area contributed by atoms with Gasteiger partial charge in [-0.1, -0.05) is 0 Å². The maximum absolute atomic E-state index is 9.69. The highest BCUT2D eigenvalue weighted by molar-refractivity contribution is 5.62. The molecule has 0 amide bonds. The van der Waals surface area contributed by atoms with Crippen LogP contribution in [0.4, 0.5) is 11.4 Å². The largest absolute Gasteiger partial charge is 0.391 e. The summed E-state index contributed by atoms with van der Waals surface area (Å²) < 4.78 is 0. The van der Waals surface area contributed by atoms with Crippen LogP contribution in [0.15, 0.2) is 18.2 Å². The summed E-state index contributed by atoms with van der Waals surface area (Å²) in [6.45, 7) is 9.36. The van der Waals surface area contributed by atoms with Gasteiger partial charge in [0.1, 0.15) is 0 Å². The van der Waals surface area contributed by atoms with Gasteiger partial charge in [-0.05, 0) is 44.0 Å². The van der Waals surface area contributed by atoms with Crippen molar-refractivity contribution < 1.29 is 5.11 Å². The van der Waals surface area contributed by atoms with E-state index in [4.69, 9.17) is 0 Å². The average molecular weight is 275 g/mol. The van der Waals surface area contributed by atoms with Gasteiger partial charge in [-0.25, -0.2) is 0 Å². The molecular formula is C16H25N3O. The summed E-state index contributed by atoms with van der Waals surface area (Å²) in [6, 6.07) is 7.29. The lowest BCUT2D eigenvalue weighted by Gasteiger charge is -2.36. The molecule has 1 aromatic rings. The molecule has 2 saturated heterocycles. The highest BCUT2D eigenvalue weighted by Crippen LogP contribution is 2.29. The monoisotopic (exact) mass is 275 g/mol. The molecule has 20 heavy (non-hydrogen) atoms. The van der Waals surface area contributed by atoms with Gasteiger partial charge in [-0.3, -0.25) is 0 Å². The van der Waals surface area contributed by atoms with Crippen molar-refractivity contribution in [2.24, 2.45) is 0 Å². The minimum absolute atomic E-state index is 0.165. The van der Waals surface area contributed by atoms with Crippen LogP contribution < -0.4 is 15.1 Å². The van der Waals surface area contributed by atoms with Gasteiger partial charge in [-0.15, -0.1) is 0 Å². The first-order chi connectivity index (χ1) is 9.65. The van der Waals surface area contributed by atoms with Crippen molar-refractivity contribution in [2.45, 2.75) is 32.4 Å². The number of aryl methyl sites for hydroxylation is 1. The van der Waals surface area contributed by atoms with E-state index in [-0.39, 0.29) is 6.10 Å². The highest BCUT2D eigenvalue weighted by atomic mass is 16.3. The third-order valence-corrected chi connectivity index (χ3v) is 4.52. The zero-order chi connectivity index (χ0) is 14.1. The predicted octanol–water partition coefficient (Wildman–Crippen LogP) is 1.36. The zero-order valence-corrected chi connectivity index (χ0v) is 12.5. The summed E-state index contributed by atoms with van der Waals surface area (Å²) in [7, 11) is 0. The van der Waals surface area contributed by atoms with Gasteiger partial charge in [0.15, 0.2) is 0 Å². The molecule has 2 aliphatic rings. The van der Waals surface area contributed by atoms with Crippen molar-refractivity contribution in [1.29, 1.82) is 0 Å². The molecule has 2 atom stereocenters. The van der Waals surface area contributed by atoms with Crippen LogP contribution in [-0.2, 0) is 0 Å². The predicted molar refractivity (Wildman–Crippen MR) is 83.7 cm³/mol. The van der Waals surface area contributed by atoms with Crippen LogP contribution in [0.3, 0.4) is 0 Å². The van der Waals surface area contributed by atoms with E-state index in [0.29, 0.717) is 6.04 Å². The fourth-order valence-electron chi connectivity index (χ4n) is 3.36. The molecule has 3 rings (SSSR count). The van der Waals surface area contributed by atoms with Gasteiger partial charge in [0.05, 0.1) is 6.10 Å². The number of benzene rings is 1. The van der Waals surface area contributed by atoms with Crippen molar-refractivity contribution in [2.75, 3.05) is 42.5 Å². The summed E-state index contributed by atoms with van der Waals surface area (Å²) in [5.41, 5.74) is 3.90. The van der Waals surface area contributed by atoms with E-state index in [1.54, 1.807) is 0 Å². The Kier molecular flexibility index (Phi) is 3.85. The standard InChI is InChI=1S/C16H25N3O/c1-12-9-14(19-8-6-17-10-13(19)2)3-4-16(12)18-7-5-15(20)11-18/h3-4,9,13,15,17,20H,5-8,10-11H2,1-2H3/t13-,15+/m1/s1. The molecule has 0 bridgehead atoms. The minimum Gasteiger partial charge on any atom is -0.391 e. The molecule has 0 unspecified atom stereocenters. The Hall–Kier alpha value is -1.26. The Morgan fingerprint density at radius 1 is 1.30 bits per heavy atom. The number of rotatable bonds is 2. The molecule has 2 fully saturated rings. The second-order valence-corrected chi connectivity index (χ2v) is 6.11. The van der Waals surface area contributed by atoms with Gasteiger partial charge >= 0.3 is 0 Å². The van der Waals surface area contributed by atoms with Crippen LogP contribution in [0.5, 0.6) is 0 Å². The van der Waals surface area contributed by atoms with Crippen LogP contribution in [-0.4, -0.2) is 50.0 Å². The number of nitrogens with zero attached hydrogens (tertiary/aromatic N) is 2. The molecular weight excluding hydrogens is 250 g/mol. The molecule has 0 aromatic heterocycles. The first-order valence-electron chi connectivity index (χ1n) is 7.66. The SMILES string of the molecule is Cc1cc(N2CCNC[C@H]2C)ccc1N1CC[C@H](O)C1. The second kappa shape index (κ2) is 5.62. The van der Waals surface area contributed by atoms with Crippen molar-refractivity contribution >= 4 is 11.4 Å². The van der Waals surface area contributed by atoms with E-state index < -0.39 is 0 Å². The Morgan fingerprint density at radius 2 is 2.15 bits per heavy atom. The van der Waals surface area contributed by atoms with E-state index >= 15 is 0 Å². The maximum Gasteiger partial charge on any atom is 0.0731 e.